The number of pyridine rings is 1. The molecule has 27 heavy (non-hydrogen) atoms. The van der Waals surface area contributed by atoms with Gasteiger partial charge in [-0.2, -0.15) is 4.39 Å². The lowest BCUT2D eigenvalue weighted by molar-refractivity contribution is 0.191. The summed E-state index contributed by atoms with van der Waals surface area (Å²) in [5.41, 5.74) is 0.199. The third-order valence-electron chi connectivity index (χ3n) is 4.28. The first kappa shape index (κ1) is 18.5. The second kappa shape index (κ2) is 6.79. The van der Waals surface area contributed by atoms with Gasteiger partial charge in [0.2, 0.25) is 5.95 Å². The molecule has 0 bridgehead atoms. The predicted molar refractivity (Wildman–Crippen MR) is 94.7 cm³/mol. The summed E-state index contributed by atoms with van der Waals surface area (Å²) in [6.45, 7) is 4.74. The van der Waals surface area contributed by atoms with Crippen LogP contribution in [0.25, 0.3) is 22.3 Å². The molecule has 0 aliphatic rings. The van der Waals surface area contributed by atoms with Gasteiger partial charge in [0.1, 0.15) is 22.7 Å². The van der Waals surface area contributed by atoms with Crippen molar-refractivity contribution in [3.8, 4) is 11.3 Å². The Hall–Kier alpha value is -3.29. The van der Waals surface area contributed by atoms with Crippen LogP contribution in [0.1, 0.15) is 29.7 Å². The largest absolute Gasteiger partial charge is 0.465 e. The minimum atomic E-state index is -1.25. The molecule has 1 aromatic carbocycles. The number of carbonyl (C=O) groups is 1. The van der Waals surface area contributed by atoms with Gasteiger partial charge in [-0.05, 0) is 38.5 Å². The first-order chi connectivity index (χ1) is 12.7. The molecule has 140 valence electrons. The maximum atomic E-state index is 14.2. The van der Waals surface area contributed by atoms with Gasteiger partial charge < -0.3 is 14.8 Å². The lowest BCUT2D eigenvalue weighted by atomic mass is 9.99. The van der Waals surface area contributed by atoms with E-state index in [1.807, 2.05) is 0 Å². The molecular formula is C19H16F2N2O4. The molecule has 0 spiro atoms. The van der Waals surface area contributed by atoms with E-state index in [-0.39, 0.29) is 22.3 Å². The molecule has 0 aliphatic heterocycles. The van der Waals surface area contributed by atoms with Crippen LogP contribution in [0.2, 0.25) is 0 Å². The van der Waals surface area contributed by atoms with E-state index in [1.54, 1.807) is 26.0 Å². The molecule has 0 radical (unpaired) electrons. The highest BCUT2D eigenvalue weighted by Gasteiger charge is 2.23. The highest BCUT2D eigenvalue weighted by Crippen LogP contribution is 2.32. The highest BCUT2D eigenvalue weighted by atomic mass is 19.1. The third kappa shape index (κ3) is 3.25. The van der Waals surface area contributed by atoms with Gasteiger partial charge in [-0.1, -0.05) is 6.07 Å². The topological polar surface area (TPSA) is 92.4 Å². The Morgan fingerprint density at radius 1 is 1.30 bits per heavy atom. The molecule has 0 saturated carbocycles. The van der Waals surface area contributed by atoms with E-state index in [0.29, 0.717) is 5.56 Å². The summed E-state index contributed by atoms with van der Waals surface area (Å²) < 4.78 is 34.1. The number of nitrogens with zero attached hydrogens (tertiary/aromatic N) is 1. The van der Waals surface area contributed by atoms with Gasteiger partial charge in [0, 0.05) is 17.3 Å². The molecule has 0 fully saturated rings. The summed E-state index contributed by atoms with van der Waals surface area (Å²) in [6, 6.07) is 3.49. The van der Waals surface area contributed by atoms with Crippen molar-refractivity contribution in [1.82, 2.24) is 10.3 Å². The second-order valence-corrected chi connectivity index (χ2v) is 6.25. The fourth-order valence-electron chi connectivity index (χ4n) is 3.01. The van der Waals surface area contributed by atoms with Crippen LogP contribution in [0, 0.1) is 25.6 Å². The number of rotatable bonds is 3. The first-order valence-electron chi connectivity index (χ1n) is 8.08. The van der Waals surface area contributed by atoms with Gasteiger partial charge in [-0.25, -0.2) is 14.2 Å². The average molecular weight is 374 g/mol. The van der Waals surface area contributed by atoms with Gasteiger partial charge in [-0.15, -0.1) is 0 Å². The summed E-state index contributed by atoms with van der Waals surface area (Å²) in [4.78, 5) is 27.2. The number of hydrogen-bond acceptors (Lipinski definition) is 4. The first-order valence-corrected chi connectivity index (χ1v) is 8.08. The monoisotopic (exact) mass is 374 g/mol. The Balaban J connectivity index is 2.39. The average Bonchev–Trinajstić information content (AvgIpc) is 2.58. The Labute approximate surface area is 152 Å². The number of halogens is 2. The molecule has 0 unspecified atom stereocenters. The van der Waals surface area contributed by atoms with Crippen LogP contribution in [0.4, 0.5) is 13.6 Å². The number of hydrogen-bond donors (Lipinski definition) is 2. The van der Waals surface area contributed by atoms with Crippen molar-refractivity contribution in [3.05, 3.63) is 63.1 Å². The summed E-state index contributed by atoms with van der Waals surface area (Å²) in [5, 5.41) is 11.5. The molecular weight excluding hydrogens is 358 g/mol. The summed E-state index contributed by atoms with van der Waals surface area (Å²) in [5.74, 6) is -2.30. The molecule has 2 aromatic heterocycles. The lowest BCUT2D eigenvalue weighted by Crippen LogP contribution is -2.25. The third-order valence-corrected chi connectivity index (χ3v) is 4.28. The number of benzene rings is 1. The zero-order valence-corrected chi connectivity index (χ0v) is 14.8. The van der Waals surface area contributed by atoms with Crippen LogP contribution in [0.15, 0.2) is 33.6 Å². The fourth-order valence-corrected chi connectivity index (χ4v) is 3.01. The Morgan fingerprint density at radius 2 is 2.00 bits per heavy atom. The van der Waals surface area contributed by atoms with Crippen LogP contribution >= 0.6 is 0 Å². The highest BCUT2D eigenvalue weighted by molar-refractivity contribution is 5.84. The van der Waals surface area contributed by atoms with Crippen LogP contribution in [-0.2, 0) is 0 Å². The number of aromatic nitrogens is 1. The predicted octanol–water partition coefficient (Wildman–Crippen LogP) is 4.08. The summed E-state index contributed by atoms with van der Waals surface area (Å²) in [6.07, 6.45) is -0.285. The summed E-state index contributed by atoms with van der Waals surface area (Å²) >= 11 is 0. The van der Waals surface area contributed by atoms with E-state index in [1.165, 1.54) is 6.92 Å². The smallest absolute Gasteiger partial charge is 0.405 e. The minimum absolute atomic E-state index is 0.0312. The molecule has 3 aromatic rings. The van der Waals surface area contributed by atoms with Crippen molar-refractivity contribution in [1.29, 1.82) is 0 Å². The number of fused-ring (bicyclic) bond motifs is 1. The van der Waals surface area contributed by atoms with Crippen molar-refractivity contribution in [2.45, 2.75) is 26.8 Å². The van der Waals surface area contributed by atoms with E-state index in [0.717, 1.165) is 17.8 Å². The van der Waals surface area contributed by atoms with Crippen molar-refractivity contribution < 1.29 is 23.1 Å². The SMILES string of the molecule is Cc1cc([C@@H](C)NC(=O)O)c2oc(-c3c(F)ccnc3F)c(C)c(=O)c2c1. The number of amides is 1. The molecule has 6 nitrogen and oxygen atoms in total. The Bertz CT molecular complexity index is 1100. The van der Waals surface area contributed by atoms with Gasteiger partial charge >= 0.3 is 6.09 Å². The Morgan fingerprint density at radius 3 is 2.63 bits per heavy atom. The van der Waals surface area contributed by atoms with Crippen LogP contribution in [0.3, 0.4) is 0 Å². The van der Waals surface area contributed by atoms with Crippen molar-refractivity contribution in [3.63, 3.8) is 0 Å². The minimum Gasteiger partial charge on any atom is -0.465 e. The van der Waals surface area contributed by atoms with E-state index >= 15 is 0 Å². The molecule has 3 rings (SSSR count). The molecule has 0 saturated heterocycles. The standard InChI is InChI=1S/C19H16F2N2O4/c1-8-6-11(10(3)23-19(25)26)17-12(7-8)15(24)9(2)16(27-17)14-13(20)4-5-22-18(14)21/h4-7,10,23H,1-3H3,(H,25,26)/t10-/m1/s1. The van der Waals surface area contributed by atoms with E-state index < -0.39 is 34.9 Å². The summed E-state index contributed by atoms with van der Waals surface area (Å²) in [7, 11) is 0. The molecule has 2 heterocycles. The molecule has 2 N–H and O–H groups in total. The fraction of sp³-hybridized carbons (Fsp3) is 0.211. The molecule has 1 amide bonds. The van der Waals surface area contributed by atoms with E-state index in [2.05, 4.69) is 10.3 Å². The second-order valence-electron chi connectivity index (χ2n) is 6.25. The number of nitrogens with one attached hydrogen (secondary N) is 1. The number of aryl methyl sites for hydroxylation is 1. The van der Waals surface area contributed by atoms with Gasteiger partial charge in [0.15, 0.2) is 5.43 Å². The zero-order chi connectivity index (χ0) is 19.9. The molecule has 0 aliphatic carbocycles. The quantitative estimate of drug-likeness (QED) is 0.674. The van der Waals surface area contributed by atoms with Crippen molar-refractivity contribution in [2.24, 2.45) is 0 Å². The van der Waals surface area contributed by atoms with Crippen LogP contribution < -0.4 is 10.7 Å². The Kier molecular flexibility index (Phi) is 4.65. The number of carboxylic acid groups (broad SMARTS) is 1. The van der Waals surface area contributed by atoms with Gasteiger partial charge in [0.05, 0.1) is 11.4 Å². The molecule has 1 atom stereocenters. The van der Waals surface area contributed by atoms with Crippen LogP contribution in [-0.4, -0.2) is 16.2 Å². The van der Waals surface area contributed by atoms with Gasteiger partial charge in [0.25, 0.3) is 0 Å². The zero-order valence-electron chi connectivity index (χ0n) is 14.8. The maximum Gasteiger partial charge on any atom is 0.405 e. The molecule has 8 heteroatoms. The van der Waals surface area contributed by atoms with Gasteiger partial charge in [-0.3, -0.25) is 4.79 Å². The van der Waals surface area contributed by atoms with E-state index in [9.17, 15) is 18.4 Å². The van der Waals surface area contributed by atoms with Crippen molar-refractivity contribution in [2.75, 3.05) is 0 Å². The van der Waals surface area contributed by atoms with E-state index in [4.69, 9.17) is 9.52 Å². The lowest BCUT2D eigenvalue weighted by Gasteiger charge is -2.16. The van der Waals surface area contributed by atoms with Crippen molar-refractivity contribution >= 4 is 17.1 Å². The van der Waals surface area contributed by atoms with Crippen LogP contribution in [0.5, 0.6) is 0 Å². The normalized spacial score (nSPS) is 12.2. The maximum absolute atomic E-state index is 14.2.